The van der Waals surface area contributed by atoms with Crippen molar-refractivity contribution in [2.75, 3.05) is 7.11 Å². The van der Waals surface area contributed by atoms with Crippen molar-refractivity contribution < 1.29 is 4.74 Å². The van der Waals surface area contributed by atoms with Crippen LogP contribution in [0.2, 0.25) is 0 Å². The van der Waals surface area contributed by atoms with E-state index in [9.17, 15) is 0 Å². The molecule has 2 fully saturated rings. The first-order valence-corrected chi connectivity index (χ1v) is 10.5. The number of hydrogen-bond acceptors (Lipinski definition) is 1. The minimum absolute atomic E-state index is 0.528. The van der Waals surface area contributed by atoms with Crippen molar-refractivity contribution in [3.63, 3.8) is 0 Å². The molecule has 0 spiro atoms. The number of ether oxygens (including phenoxy) is 1. The Morgan fingerprint density at radius 3 is 2.64 bits per heavy atom. The minimum Gasteiger partial charge on any atom is -0.497 e. The minimum atomic E-state index is 0.528. The molecule has 0 amide bonds. The van der Waals surface area contributed by atoms with Crippen molar-refractivity contribution in [3.8, 4) is 5.75 Å². The van der Waals surface area contributed by atoms with Gasteiger partial charge in [-0.1, -0.05) is 52.7 Å². The Balaban J connectivity index is 1.80. The van der Waals surface area contributed by atoms with Gasteiger partial charge in [-0.25, -0.2) is 0 Å². The molecule has 0 unspecified atom stereocenters. The van der Waals surface area contributed by atoms with E-state index in [0.29, 0.717) is 10.8 Å². The summed E-state index contributed by atoms with van der Waals surface area (Å²) in [5.74, 6) is 3.70. The van der Waals surface area contributed by atoms with Crippen molar-refractivity contribution in [2.45, 2.75) is 79.1 Å². The van der Waals surface area contributed by atoms with Crippen LogP contribution < -0.4 is 4.74 Å². The zero-order chi connectivity index (χ0) is 18.1. The Kier molecular flexibility index (Phi) is 5.51. The molecule has 2 aliphatic carbocycles. The molecule has 0 aliphatic heterocycles. The smallest absolute Gasteiger partial charge is 0.119 e. The van der Waals surface area contributed by atoms with Crippen LogP contribution in [-0.2, 0) is 6.42 Å². The van der Waals surface area contributed by atoms with Crippen molar-refractivity contribution in [2.24, 2.45) is 28.6 Å². The molecule has 0 saturated heterocycles. The predicted octanol–water partition coefficient (Wildman–Crippen LogP) is 6.90. The van der Waals surface area contributed by atoms with E-state index in [0.717, 1.165) is 23.5 Å². The molecule has 3 rings (SSSR count). The molecule has 0 aromatic heterocycles. The van der Waals surface area contributed by atoms with Crippen molar-refractivity contribution in [1.29, 1.82) is 0 Å². The van der Waals surface area contributed by atoms with Crippen LogP contribution in [0.25, 0.3) is 0 Å². The maximum atomic E-state index is 5.42. The Morgan fingerprint density at radius 1 is 1.12 bits per heavy atom. The van der Waals surface area contributed by atoms with Gasteiger partial charge in [-0.15, -0.1) is 0 Å². The third kappa shape index (κ3) is 3.62. The van der Waals surface area contributed by atoms with Crippen molar-refractivity contribution >= 4 is 0 Å². The summed E-state index contributed by atoms with van der Waals surface area (Å²) in [4.78, 5) is 0. The van der Waals surface area contributed by atoms with Crippen LogP contribution in [0.5, 0.6) is 5.75 Å². The van der Waals surface area contributed by atoms with Gasteiger partial charge in [0, 0.05) is 0 Å². The molecule has 0 N–H and O–H groups in total. The zero-order valence-electron chi connectivity index (χ0n) is 17.1. The normalized spacial score (nSPS) is 34.4. The first-order valence-electron chi connectivity index (χ1n) is 10.5. The summed E-state index contributed by atoms with van der Waals surface area (Å²) in [5, 5.41) is 0. The average molecular weight is 343 g/mol. The molecule has 140 valence electrons. The van der Waals surface area contributed by atoms with E-state index in [2.05, 4.69) is 52.0 Å². The van der Waals surface area contributed by atoms with Gasteiger partial charge < -0.3 is 4.74 Å². The lowest BCUT2D eigenvalue weighted by Gasteiger charge is -2.59. The largest absolute Gasteiger partial charge is 0.497 e. The molecular weight excluding hydrogens is 304 g/mol. The summed E-state index contributed by atoms with van der Waals surface area (Å²) in [6.07, 6.45) is 11.1. The molecule has 2 saturated carbocycles. The van der Waals surface area contributed by atoms with E-state index < -0.39 is 0 Å². The van der Waals surface area contributed by atoms with E-state index in [4.69, 9.17) is 4.74 Å². The molecule has 0 bridgehead atoms. The lowest BCUT2D eigenvalue weighted by Crippen LogP contribution is -2.51. The maximum Gasteiger partial charge on any atom is 0.119 e. The van der Waals surface area contributed by atoms with Crippen LogP contribution in [0.15, 0.2) is 24.3 Å². The van der Waals surface area contributed by atoms with E-state index in [-0.39, 0.29) is 0 Å². The number of aryl methyl sites for hydroxylation is 1. The lowest BCUT2D eigenvalue weighted by atomic mass is 9.45. The Labute approximate surface area is 155 Å². The second kappa shape index (κ2) is 7.33. The van der Waals surface area contributed by atoms with Gasteiger partial charge in [-0.05, 0) is 84.8 Å². The van der Waals surface area contributed by atoms with Crippen LogP contribution in [0.1, 0.15) is 78.2 Å². The molecule has 0 heterocycles. The van der Waals surface area contributed by atoms with Gasteiger partial charge in [0.15, 0.2) is 0 Å². The highest BCUT2D eigenvalue weighted by molar-refractivity contribution is 5.28. The van der Waals surface area contributed by atoms with Gasteiger partial charge in [0.1, 0.15) is 5.75 Å². The second-order valence-electron chi connectivity index (χ2n) is 9.64. The highest BCUT2D eigenvalue weighted by atomic mass is 16.5. The quantitative estimate of drug-likeness (QED) is 0.565. The summed E-state index contributed by atoms with van der Waals surface area (Å²) >= 11 is 0. The fourth-order valence-electron chi connectivity index (χ4n) is 6.65. The molecular formula is C24H38O. The van der Waals surface area contributed by atoms with Gasteiger partial charge >= 0.3 is 0 Å². The third-order valence-corrected chi connectivity index (χ3v) is 7.92. The number of methoxy groups -OCH3 is 1. The van der Waals surface area contributed by atoms with Gasteiger partial charge in [-0.2, -0.15) is 0 Å². The molecule has 1 aromatic carbocycles. The zero-order valence-corrected chi connectivity index (χ0v) is 17.1. The highest BCUT2D eigenvalue weighted by Crippen LogP contribution is 2.62. The predicted molar refractivity (Wildman–Crippen MR) is 107 cm³/mol. The molecule has 2 aliphatic rings. The van der Waals surface area contributed by atoms with Crippen LogP contribution >= 0.6 is 0 Å². The van der Waals surface area contributed by atoms with Gasteiger partial charge in [-0.3, -0.25) is 0 Å². The Bertz CT molecular complexity index is 575. The third-order valence-electron chi connectivity index (χ3n) is 7.92. The summed E-state index contributed by atoms with van der Waals surface area (Å²) in [5.41, 5.74) is 2.51. The maximum absolute atomic E-state index is 5.42. The van der Waals surface area contributed by atoms with Crippen molar-refractivity contribution in [3.05, 3.63) is 29.8 Å². The van der Waals surface area contributed by atoms with Crippen molar-refractivity contribution in [1.82, 2.24) is 0 Å². The van der Waals surface area contributed by atoms with Crippen LogP contribution in [0, 0.1) is 28.6 Å². The summed E-state index contributed by atoms with van der Waals surface area (Å²) in [7, 11) is 1.77. The summed E-state index contributed by atoms with van der Waals surface area (Å²) in [6, 6.07) is 8.70. The molecule has 1 heteroatoms. The van der Waals surface area contributed by atoms with Crippen LogP contribution in [0.4, 0.5) is 0 Å². The van der Waals surface area contributed by atoms with E-state index in [1.807, 2.05) is 0 Å². The second-order valence-corrected chi connectivity index (χ2v) is 9.64. The fourth-order valence-corrected chi connectivity index (χ4v) is 6.65. The SMILES string of the molecule is CC[C@H]1CC[C@H]2C(C)(C)CCC[C@]2(C)[C@H]1CCc1cccc(OC)c1. The van der Waals surface area contributed by atoms with E-state index >= 15 is 0 Å². The van der Waals surface area contributed by atoms with Crippen LogP contribution in [-0.4, -0.2) is 7.11 Å². The first-order chi connectivity index (χ1) is 11.9. The molecule has 1 nitrogen and oxygen atoms in total. The summed E-state index contributed by atoms with van der Waals surface area (Å²) < 4.78 is 5.42. The Morgan fingerprint density at radius 2 is 1.92 bits per heavy atom. The van der Waals surface area contributed by atoms with Gasteiger partial charge in [0.05, 0.1) is 7.11 Å². The number of hydrogen-bond donors (Lipinski definition) is 0. The topological polar surface area (TPSA) is 9.23 Å². The number of fused-ring (bicyclic) bond motifs is 1. The monoisotopic (exact) mass is 342 g/mol. The van der Waals surface area contributed by atoms with E-state index in [1.165, 1.54) is 56.9 Å². The fraction of sp³-hybridized carbons (Fsp3) is 0.750. The lowest BCUT2D eigenvalue weighted by molar-refractivity contribution is -0.0998. The molecule has 25 heavy (non-hydrogen) atoms. The molecule has 1 aromatic rings. The van der Waals surface area contributed by atoms with Gasteiger partial charge in [0.2, 0.25) is 0 Å². The number of rotatable bonds is 5. The Hall–Kier alpha value is -0.980. The first kappa shape index (κ1) is 18.8. The molecule has 0 radical (unpaired) electrons. The standard InChI is InChI=1S/C24H38O/c1-6-19-12-14-22-23(2,3)15-8-16-24(22,4)21(19)13-11-18-9-7-10-20(17-18)25-5/h7,9-10,17,19,21-22H,6,8,11-16H2,1-5H3/t19-,21-,22-,24+/m0/s1. The van der Waals surface area contributed by atoms with Crippen LogP contribution in [0.3, 0.4) is 0 Å². The van der Waals surface area contributed by atoms with E-state index in [1.54, 1.807) is 7.11 Å². The number of benzene rings is 1. The highest BCUT2D eigenvalue weighted by Gasteiger charge is 2.53. The average Bonchev–Trinajstić information content (AvgIpc) is 2.59. The molecule has 4 atom stereocenters. The summed E-state index contributed by atoms with van der Waals surface area (Å²) in [6.45, 7) is 10.2. The van der Waals surface area contributed by atoms with Gasteiger partial charge in [0.25, 0.3) is 0 Å².